The first-order valence-electron chi connectivity index (χ1n) is 8.33. The standard InChI is InChI=1S/C5H11NO2.C5H12O.C5H12S.2C2H4.H2S/c1-4(2)6-5(8)3-7;2*1-5(2)3-4-6;2*1-2;/h4,7H,3H2,1-2H3,(H,6,8);2*5-6H,3-4H2,1-2H3;2*1-2H2;1H2. The molecular weight excluding hydrogens is 354 g/mol. The summed E-state index contributed by atoms with van der Waals surface area (Å²) in [6.07, 6.45) is 2.17. The first kappa shape index (κ1) is 39.6. The smallest absolute Gasteiger partial charge is 0.245 e. The van der Waals surface area contributed by atoms with Crippen LogP contribution in [0.3, 0.4) is 0 Å². The third-order valence-corrected chi connectivity index (χ3v) is 2.26. The second-order valence-electron chi connectivity index (χ2n) is 5.69. The molecule has 1 amide bonds. The molecule has 0 heterocycles. The van der Waals surface area contributed by atoms with Crippen LogP contribution in [0.4, 0.5) is 0 Å². The topological polar surface area (TPSA) is 69.6 Å². The van der Waals surface area contributed by atoms with E-state index in [1.807, 2.05) is 13.8 Å². The molecule has 0 spiro atoms. The average Bonchev–Trinajstić information content (AvgIpc) is 2.51. The van der Waals surface area contributed by atoms with E-state index in [-0.39, 0.29) is 25.4 Å². The van der Waals surface area contributed by atoms with Crippen molar-refractivity contribution < 1.29 is 15.0 Å². The van der Waals surface area contributed by atoms with Gasteiger partial charge in [-0.05, 0) is 44.3 Å². The van der Waals surface area contributed by atoms with Crippen molar-refractivity contribution in [1.82, 2.24) is 5.32 Å². The Kier molecular flexibility index (Phi) is 61.6. The Bertz CT molecular complexity index is 215. The average molecular weight is 400 g/mol. The van der Waals surface area contributed by atoms with E-state index in [0.717, 1.165) is 18.1 Å². The second kappa shape index (κ2) is 38.9. The Balaban J connectivity index is -0.0000000487. The van der Waals surface area contributed by atoms with Crippen LogP contribution in [0.2, 0.25) is 0 Å². The number of aliphatic hydroxyl groups excluding tert-OH is 2. The molecule has 0 aliphatic rings. The van der Waals surface area contributed by atoms with Crippen LogP contribution in [0.5, 0.6) is 0 Å². The molecule has 0 bridgehead atoms. The molecule has 0 aromatic rings. The predicted molar refractivity (Wildman–Crippen MR) is 123 cm³/mol. The number of hydrogen-bond acceptors (Lipinski definition) is 4. The molecular formula is C19H45NO3S2. The highest BCUT2D eigenvalue weighted by Gasteiger charge is 1.97. The van der Waals surface area contributed by atoms with E-state index in [4.69, 9.17) is 10.2 Å². The lowest BCUT2D eigenvalue weighted by Gasteiger charge is -2.04. The third-order valence-electron chi connectivity index (χ3n) is 2.01. The fourth-order valence-electron chi connectivity index (χ4n) is 0.884. The summed E-state index contributed by atoms with van der Waals surface area (Å²) >= 11 is 4.06. The fraction of sp³-hybridized carbons (Fsp3) is 0.737. The van der Waals surface area contributed by atoms with Crippen molar-refractivity contribution in [2.75, 3.05) is 19.0 Å². The first-order chi connectivity index (χ1) is 11.2. The Morgan fingerprint density at radius 2 is 1.28 bits per heavy atom. The first-order valence-corrected chi connectivity index (χ1v) is 8.96. The fourth-order valence-corrected chi connectivity index (χ4v) is 1.40. The molecule has 0 fully saturated rings. The molecule has 4 nitrogen and oxygen atoms in total. The largest absolute Gasteiger partial charge is 0.396 e. The number of thiol groups is 1. The number of carbonyl (C=O) groups excluding carboxylic acids is 1. The predicted octanol–water partition coefficient (Wildman–Crippen LogP) is 4.21. The van der Waals surface area contributed by atoms with E-state index in [1.54, 1.807) is 0 Å². The maximum Gasteiger partial charge on any atom is 0.245 e. The summed E-state index contributed by atoms with van der Waals surface area (Å²) in [4.78, 5) is 10.3. The van der Waals surface area contributed by atoms with E-state index < -0.39 is 6.61 Å². The van der Waals surface area contributed by atoms with Gasteiger partial charge in [0.05, 0.1) is 0 Å². The second-order valence-corrected chi connectivity index (χ2v) is 6.14. The van der Waals surface area contributed by atoms with E-state index in [1.165, 1.54) is 6.42 Å². The molecule has 0 radical (unpaired) electrons. The van der Waals surface area contributed by atoms with Crippen LogP contribution >= 0.6 is 26.1 Å². The normalized spacial score (nSPS) is 8.16. The molecule has 0 saturated carbocycles. The maximum absolute atomic E-state index is 10.3. The van der Waals surface area contributed by atoms with Crippen molar-refractivity contribution in [3.8, 4) is 0 Å². The molecule has 3 N–H and O–H groups in total. The molecule has 0 aromatic heterocycles. The summed E-state index contributed by atoms with van der Waals surface area (Å²) in [5.74, 6) is 2.18. The van der Waals surface area contributed by atoms with Crippen LogP contribution < -0.4 is 5.32 Å². The number of rotatable bonds is 6. The third kappa shape index (κ3) is 81.9. The molecule has 0 unspecified atom stereocenters. The molecule has 6 heteroatoms. The lowest BCUT2D eigenvalue weighted by molar-refractivity contribution is -0.124. The zero-order valence-corrected chi connectivity index (χ0v) is 19.2. The van der Waals surface area contributed by atoms with Gasteiger partial charge in [-0.15, -0.1) is 26.3 Å². The van der Waals surface area contributed by atoms with Gasteiger partial charge in [0, 0.05) is 12.6 Å². The van der Waals surface area contributed by atoms with Crippen LogP contribution in [0.15, 0.2) is 26.3 Å². The minimum absolute atomic E-state index is 0. The lowest BCUT2D eigenvalue weighted by Crippen LogP contribution is -2.32. The minimum atomic E-state index is -0.418. The summed E-state index contributed by atoms with van der Waals surface area (Å²) in [7, 11) is 0. The minimum Gasteiger partial charge on any atom is -0.396 e. The molecule has 156 valence electrons. The molecule has 0 aliphatic heterocycles. The number of aliphatic hydroxyl groups is 2. The van der Waals surface area contributed by atoms with Crippen molar-refractivity contribution in [3.05, 3.63) is 26.3 Å². The van der Waals surface area contributed by atoms with E-state index in [2.05, 4.69) is 72.0 Å². The van der Waals surface area contributed by atoms with E-state index >= 15 is 0 Å². The van der Waals surface area contributed by atoms with Crippen LogP contribution in [0, 0.1) is 11.8 Å². The summed E-state index contributed by atoms with van der Waals surface area (Å²) in [6.45, 7) is 24.2. The van der Waals surface area contributed by atoms with Crippen LogP contribution in [0.25, 0.3) is 0 Å². The van der Waals surface area contributed by atoms with Crippen LogP contribution in [-0.2, 0) is 4.79 Å². The summed E-state index contributed by atoms with van der Waals surface area (Å²) in [5.41, 5.74) is 0. The van der Waals surface area contributed by atoms with Gasteiger partial charge >= 0.3 is 0 Å². The van der Waals surface area contributed by atoms with Crippen LogP contribution in [-0.4, -0.2) is 41.1 Å². The molecule has 0 aromatic carbocycles. The van der Waals surface area contributed by atoms with Gasteiger partial charge in [-0.2, -0.15) is 26.1 Å². The Hall–Kier alpha value is -0.430. The van der Waals surface area contributed by atoms with E-state index in [9.17, 15) is 4.79 Å². The molecule has 0 atom stereocenters. The zero-order valence-electron chi connectivity index (χ0n) is 17.3. The molecule has 0 aliphatic carbocycles. The van der Waals surface area contributed by atoms with Gasteiger partial charge in [-0.1, -0.05) is 27.7 Å². The van der Waals surface area contributed by atoms with Gasteiger partial charge in [-0.3, -0.25) is 4.79 Å². The molecule has 0 saturated heterocycles. The van der Waals surface area contributed by atoms with Gasteiger partial charge < -0.3 is 15.5 Å². The Morgan fingerprint density at radius 3 is 1.32 bits per heavy atom. The van der Waals surface area contributed by atoms with Gasteiger partial charge in [0.25, 0.3) is 0 Å². The summed E-state index contributed by atoms with van der Waals surface area (Å²) in [6, 6.07) is 0.120. The van der Waals surface area contributed by atoms with Gasteiger partial charge in [0.15, 0.2) is 0 Å². The van der Waals surface area contributed by atoms with Crippen molar-refractivity contribution in [1.29, 1.82) is 0 Å². The maximum atomic E-state index is 10.3. The quantitative estimate of drug-likeness (QED) is 0.399. The van der Waals surface area contributed by atoms with E-state index in [0.29, 0.717) is 12.5 Å². The highest BCUT2D eigenvalue weighted by atomic mass is 32.1. The SMILES string of the molecule is C=C.C=C.CC(C)CCO.CC(C)CCS.CC(C)NC(=O)CO.S. The number of nitrogens with one attached hydrogen (secondary N) is 1. The van der Waals surface area contributed by atoms with Crippen molar-refractivity contribution in [2.24, 2.45) is 11.8 Å². The molecule has 25 heavy (non-hydrogen) atoms. The lowest BCUT2D eigenvalue weighted by atomic mass is 10.2. The van der Waals surface area contributed by atoms with Gasteiger partial charge in [0.2, 0.25) is 5.91 Å². The van der Waals surface area contributed by atoms with Gasteiger partial charge in [0.1, 0.15) is 6.61 Å². The highest BCUT2D eigenvalue weighted by molar-refractivity contribution is 7.80. The molecule has 0 rings (SSSR count). The number of amides is 1. The zero-order chi connectivity index (χ0) is 20.6. The number of hydrogen-bond donors (Lipinski definition) is 4. The Morgan fingerprint density at radius 1 is 0.920 bits per heavy atom. The Labute approximate surface area is 170 Å². The monoisotopic (exact) mass is 399 g/mol. The summed E-state index contributed by atoms with van der Waals surface area (Å²) in [5, 5.41) is 18.9. The highest BCUT2D eigenvalue weighted by Crippen LogP contribution is 1.98. The summed E-state index contributed by atoms with van der Waals surface area (Å²) < 4.78 is 0. The van der Waals surface area contributed by atoms with Crippen molar-refractivity contribution >= 4 is 32.0 Å². The van der Waals surface area contributed by atoms with Crippen molar-refractivity contribution in [3.63, 3.8) is 0 Å². The van der Waals surface area contributed by atoms with Crippen molar-refractivity contribution in [2.45, 2.75) is 60.4 Å². The van der Waals surface area contributed by atoms with Crippen LogP contribution in [0.1, 0.15) is 54.4 Å². The van der Waals surface area contributed by atoms with Gasteiger partial charge in [-0.25, -0.2) is 0 Å². The number of carbonyl (C=O) groups is 1.